The molecule has 0 spiro atoms. The predicted octanol–water partition coefficient (Wildman–Crippen LogP) is 1.13. The maximum Gasteiger partial charge on any atom is 0.158 e. The van der Waals surface area contributed by atoms with Gasteiger partial charge in [-0.1, -0.05) is 11.6 Å². The fraction of sp³-hybridized carbons (Fsp3) is 0.364. The number of hydrogen-bond acceptors (Lipinski definition) is 5. The lowest BCUT2D eigenvalue weighted by Crippen LogP contribution is -2.11. The first kappa shape index (κ1) is 12.8. The summed E-state index contributed by atoms with van der Waals surface area (Å²) in [7, 11) is 1.58. The highest BCUT2D eigenvalue weighted by Gasteiger charge is 2.14. The van der Waals surface area contributed by atoms with E-state index in [0.717, 1.165) is 11.3 Å². The molecule has 1 aromatic heterocycles. The van der Waals surface area contributed by atoms with E-state index in [1.165, 1.54) is 0 Å². The number of hydrogen-bond donors (Lipinski definition) is 1. The Morgan fingerprint density at radius 1 is 1.44 bits per heavy atom. The van der Waals surface area contributed by atoms with Crippen molar-refractivity contribution in [1.82, 2.24) is 20.2 Å². The summed E-state index contributed by atoms with van der Waals surface area (Å²) in [6, 6.07) is 3.64. The summed E-state index contributed by atoms with van der Waals surface area (Å²) in [4.78, 5) is 0. The van der Waals surface area contributed by atoms with Gasteiger partial charge in [-0.3, -0.25) is 0 Å². The standard InChI is InChI=1S/C11H14ClN5O/c1-7-5-9(10(18-2)6-8(7)12)17-11(3-4-13)14-15-16-17/h5-6H,3-4,13H2,1-2H3. The second-order valence-electron chi connectivity index (χ2n) is 3.82. The number of methoxy groups -OCH3 is 1. The molecular formula is C11H14ClN5O. The van der Waals surface area contributed by atoms with Crippen LogP contribution in [0.3, 0.4) is 0 Å². The predicted molar refractivity (Wildman–Crippen MR) is 68.2 cm³/mol. The van der Waals surface area contributed by atoms with Crippen molar-refractivity contribution in [2.75, 3.05) is 13.7 Å². The molecule has 0 radical (unpaired) electrons. The van der Waals surface area contributed by atoms with Crippen LogP contribution >= 0.6 is 11.6 Å². The third-order valence-electron chi connectivity index (χ3n) is 2.59. The topological polar surface area (TPSA) is 78.8 Å². The van der Waals surface area contributed by atoms with Crippen molar-refractivity contribution in [2.45, 2.75) is 13.3 Å². The Bertz CT molecular complexity index is 554. The van der Waals surface area contributed by atoms with Crippen LogP contribution in [0.5, 0.6) is 5.75 Å². The lowest BCUT2D eigenvalue weighted by molar-refractivity contribution is 0.411. The van der Waals surface area contributed by atoms with Crippen LogP contribution in [0.2, 0.25) is 5.02 Å². The van der Waals surface area contributed by atoms with Gasteiger partial charge < -0.3 is 10.5 Å². The van der Waals surface area contributed by atoms with Crippen LogP contribution in [0, 0.1) is 6.92 Å². The molecule has 2 rings (SSSR count). The molecule has 2 N–H and O–H groups in total. The average molecular weight is 268 g/mol. The quantitative estimate of drug-likeness (QED) is 0.898. The number of tetrazole rings is 1. The molecule has 2 aromatic rings. The molecule has 1 aromatic carbocycles. The normalized spacial score (nSPS) is 10.7. The van der Waals surface area contributed by atoms with Gasteiger partial charge in [-0.15, -0.1) is 5.10 Å². The first-order chi connectivity index (χ1) is 8.67. The fourth-order valence-electron chi connectivity index (χ4n) is 1.65. The molecule has 0 bridgehead atoms. The Kier molecular flexibility index (Phi) is 3.78. The monoisotopic (exact) mass is 267 g/mol. The van der Waals surface area contributed by atoms with Gasteiger partial charge in [0.1, 0.15) is 11.4 Å². The van der Waals surface area contributed by atoms with Crippen molar-refractivity contribution in [1.29, 1.82) is 0 Å². The molecule has 18 heavy (non-hydrogen) atoms. The molecule has 1 heterocycles. The lowest BCUT2D eigenvalue weighted by Gasteiger charge is -2.11. The Morgan fingerprint density at radius 2 is 2.22 bits per heavy atom. The Hall–Kier alpha value is -1.66. The number of aromatic nitrogens is 4. The van der Waals surface area contributed by atoms with E-state index in [1.807, 2.05) is 13.0 Å². The molecule has 6 nitrogen and oxygen atoms in total. The van der Waals surface area contributed by atoms with E-state index >= 15 is 0 Å². The van der Waals surface area contributed by atoms with Gasteiger partial charge in [-0.25, -0.2) is 0 Å². The average Bonchev–Trinajstić information content (AvgIpc) is 2.80. The minimum Gasteiger partial charge on any atom is -0.494 e. The molecule has 7 heteroatoms. The van der Waals surface area contributed by atoms with Crippen molar-refractivity contribution in [3.05, 3.63) is 28.5 Å². The number of nitrogens with zero attached hydrogens (tertiary/aromatic N) is 4. The molecule has 96 valence electrons. The van der Waals surface area contributed by atoms with Gasteiger partial charge in [0.2, 0.25) is 0 Å². The molecule has 0 aliphatic carbocycles. The van der Waals surface area contributed by atoms with Crippen molar-refractivity contribution in [3.63, 3.8) is 0 Å². The van der Waals surface area contributed by atoms with Crippen LogP contribution in [-0.2, 0) is 6.42 Å². The van der Waals surface area contributed by atoms with Crippen LogP contribution in [0.1, 0.15) is 11.4 Å². The van der Waals surface area contributed by atoms with Crippen LogP contribution in [0.15, 0.2) is 12.1 Å². The highest BCUT2D eigenvalue weighted by Crippen LogP contribution is 2.29. The van der Waals surface area contributed by atoms with E-state index < -0.39 is 0 Å². The van der Waals surface area contributed by atoms with Gasteiger partial charge in [0.25, 0.3) is 0 Å². The van der Waals surface area contributed by atoms with Crippen LogP contribution in [0.4, 0.5) is 0 Å². The van der Waals surface area contributed by atoms with Crippen molar-refractivity contribution in [2.24, 2.45) is 5.73 Å². The zero-order chi connectivity index (χ0) is 13.1. The zero-order valence-corrected chi connectivity index (χ0v) is 11.0. The molecule has 0 aliphatic rings. The summed E-state index contributed by atoms with van der Waals surface area (Å²) in [5.41, 5.74) is 7.22. The summed E-state index contributed by atoms with van der Waals surface area (Å²) >= 11 is 6.07. The van der Waals surface area contributed by atoms with E-state index in [1.54, 1.807) is 17.9 Å². The molecule has 0 fully saturated rings. The largest absolute Gasteiger partial charge is 0.494 e. The maximum atomic E-state index is 6.07. The third-order valence-corrected chi connectivity index (χ3v) is 3.00. The minimum atomic E-state index is 0.481. The summed E-state index contributed by atoms with van der Waals surface area (Å²) in [6.07, 6.45) is 0.595. The van der Waals surface area contributed by atoms with Gasteiger partial charge in [0, 0.05) is 17.5 Å². The number of halogens is 1. The smallest absolute Gasteiger partial charge is 0.158 e. The number of aryl methyl sites for hydroxylation is 1. The van der Waals surface area contributed by atoms with Crippen molar-refractivity contribution in [3.8, 4) is 11.4 Å². The number of rotatable bonds is 4. The summed E-state index contributed by atoms with van der Waals surface area (Å²) in [5.74, 6) is 1.31. The highest BCUT2D eigenvalue weighted by atomic mass is 35.5. The van der Waals surface area contributed by atoms with Gasteiger partial charge in [0.15, 0.2) is 5.82 Å². The van der Waals surface area contributed by atoms with Crippen LogP contribution in [-0.4, -0.2) is 33.9 Å². The summed E-state index contributed by atoms with van der Waals surface area (Å²) < 4.78 is 6.93. The first-order valence-electron chi connectivity index (χ1n) is 5.49. The molecule has 0 atom stereocenters. The molecule has 0 unspecified atom stereocenters. The maximum absolute atomic E-state index is 6.07. The van der Waals surface area contributed by atoms with E-state index in [0.29, 0.717) is 29.6 Å². The van der Waals surface area contributed by atoms with Crippen LogP contribution in [0.25, 0.3) is 5.69 Å². The SMILES string of the molecule is COc1cc(Cl)c(C)cc1-n1nnnc1CCN. The highest BCUT2D eigenvalue weighted by molar-refractivity contribution is 6.31. The van der Waals surface area contributed by atoms with Crippen LogP contribution < -0.4 is 10.5 Å². The number of benzene rings is 1. The molecule has 0 aliphatic heterocycles. The molecule has 0 amide bonds. The number of nitrogens with two attached hydrogens (primary N) is 1. The zero-order valence-electron chi connectivity index (χ0n) is 10.2. The Balaban J connectivity index is 2.55. The Labute approximate surface area is 110 Å². The van der Waals surface area contributed by atoms with Gasteiger partial charge in [-0.2, -0.15) is 4.68 Å². The van der Waals surface area contributed by atoms with E-state index in [4.69, 9.17) is 22.1 Å². The van der Waals surface area contributed by atoms with Gasteiger partial charge in [0.05, 0.1) is 7.11 Å². The van der Waals surface area contributed by atoms with Gasteiger partial charge in [-0.05, 0) is 35.5 Å². The number of ether oxygens (including phenoxy) is 1. The Morgan fingerprint density at radius 3 is 2.89 bits per heavy atom. The van der Waals surface area contributed by atoms with E-state index in [2.05, 4.69) is 15.5 Å². The second kappa shape index (κ2) is 5.32. The summed E-state index contributed by atoms with van der Waals surface area (Å²) in [5, 5.41) is 12.2. The van der Waals surface area contributed by atoms with Gasteiger partial charge >= 0.3 is 0 Å². The van der Waals surface area contributed by atoms with Crippen molar-refractivity contribution >= 4 is 11.6 Å². The molecule has 0 saturated carbocycles. The molecular weight excluding hydrogens is 254 g/mol. The lowest BCUT2D eigenvalue weighted by atomic mass is 10.2. The first-order valence-corrected chi connectivity index (χ1v) is 5.87. The second-order valence-corrected chi connectivity index (χ2v) is 4.23. The fourth-order valence-corrected chi connectivity index (χ4v) is 1.81. The molecule has 0 saturated heterocycles. The van der Waals surface area contributed by atoms with E-state index in [9.17, 15) is 0 Å². The minimum absolute atomic E-state index is 0.481. The summed E-state index contributed by atoms with van der Waals surface area (Å²) in [6.45, 7) is 2.40. The van der Waals surface area contributed by atoms with E-state index in [-0.39, 0.29) is 0 Å². The van der Waals surface area contributed by atoms with Crippen molar-refractivity contribution < 1.29 is 4.74 Å². The third kappa shape index (κ3) is 2.30.